The number of halogens is 2. The predicted octanol–water partition coefficient (Wildman–Crippen LogP) is 3.29. The smallest absolute Gasteiger partial charge is 0.317 e. The van der Waals surface area contributed by atoms with E-state index in [1.807, 2.05) is 20.8 Å². The van der Waals surface area contributed by atoms with Crippen LogP contribution in [-0.4, -0.2) is 17.6 Å². The summed E-state index contributed by atoms with van der Waals surface area (Å²) < 4.78 is 19.2. The summed E-state index contributed by atoms with van der Waals surface area (Å²) in [4.78, 5) is 12.5. The molecule has 1 saturated carbocycles. The van der Waals surface area contributed by atoms with Crippen molar-refractivity contribution in [3.8, 4) is 0 Å². The van der Waals surface area contributed by atoms with Crippen LogP contribution < -0.4 is 5.73 Å². The van der Waals surface area contributed by atoms with E-state index < -0.39 is 11.0 Å². The minimum atomic E-state index is -0.747. The highest BCUT2D eigenvalue weighted by Crippen LogP contribution is 2.45. The molecule has 2 N–H and O–H groups in total. The highest BCUT2D eigenvalue weighted by atomic mass is 79.9. The molecule has 0 atom stereocenters. The lowest BCUT2D eigenvalue weighted by Crippen LogP contribution is -2.55. The number of carbonyl (C=O) groups is 1. The van der Waals surface area contributed by atoms with E-state index in [1.165, 1.54) is 6.07 Å². The highest BCUT2D eigenvalue weighted by Gasteiger charge is 2.52. The Bertz CT molecular complexity index is 533. The Kier molecular flexibility index (Phi) is 3.95. The van der Waals surface area contributed by atoms with Crippen LogP contribution >= 0.6 is 15.9 Å². The van der Waals surface area contributed by atoms with Crippen molar-refractivity contribution in [3.05, 3.63) is 34.1 Å². The highest BCUT2D eigenvalue weighted by molar-refractivity contribution is 9.10. The zero-order valence-electron chi connectivity index (χ0n) is 11.9. The molecule has 1 aromatic rings. The summed E-state index contributed by atoms with van der Waals surface area (Å²) in [5.74, 6) is -0.637. The lowest BCUT2D eigenvalue weighted by molar-refractivity contribution is -0.166. The van der Waals surface area contributed by atoms with Gasteiger partial charge in [-0.15, -0.1) is 0 Å². The summed E-state index contributed by atoms with van der Waals surface area (Å²) in [6.45, 7) is 5.49. The Balaban J connectivity index is 2.35. The van der Waals surface area contributed by atoms with Gasteiger partial charge in [0.25, 0.3) is 0 Å². The molecule has 0 saturated heterocycles. The summed E-state index contributed by atoms with van der Waals surface area (Å²) in [7, 11) is 0. The first-order valence-corrected chi connectivity index (χ1v) is 7.38. The Morgan fingerprint density at radius 3 is 2.50 bits per heavy atom. The van der Waals surface area contributed by atoms with Gasteiger partial charge in [-0.25, -0.2) is 4.39 Å². The van der Waals surface area contributed by atoms with Crippen LogP contribution in [0.3, 0.4) is 0 Å². The van der Waals surface area contributed by atoms with E-state index >= 15 is 0 Å². The molecule has 0 aliphatic heterocycles. The maximum Gasteiger partial charge on any atom is 0.317 e. The topological polar surface area (TPSA) is 52.3 Å². The zero-order valence-corrected chi connectivity index (χ0v) is 13.5. The van der Waals surface area contributed by atoms with Crippen molar-refractivity contribution in [3.63, 3.8) is 0 Å². The van der Waals surface area contributed by atoms with Crippen molar-refractivity contribution >= 4 is 21.9 Å². The van der Waals surface area contributed by atoms with Crippen LogP contribution in [-0.2, 0) is 14.9 Å². The molecule has 0 heterocycles. The van der Waals surface area contributed by atoms with Gasteiger partial charge in [0.05, 0.1) is 9.89 Å². The van der Waals surface area contributed by atoms with Crippen molar-refractivity contribution < 1.29 is 13.9 Å². The van der Waals surface area contributed by atoms with Gasteiger partial charge in [0.15, 0.2) is 0 Å². The number of nitrogens with two attached hydrogens (primary N) is 1. The minimum Gasteiger partial charge on any atom is -0.459 e. The van der Waals surface area contributed by atoms with E-state index in [4.69, 9.17) is 10.5 Å². The maximum absolute atomic E-state index is 13.4. The summed E-state index contributed by atoms with van der Waals surface area (Å²) in [6.07, 6.45) is 1.06. The SMILES string of the molecule is CC(C)(C)OC(=O)C1(c2ccc(F)c(Br)c2)CC(N)C1. The largest absolute Gasteiger partial charge is 0.459 e. The Hall–Kier alpha value is -0.940. The van der Waals surface area contributed by atoms with Gasteiger partial charge in [0.1, 0.15) is 11.4 Å². The molecule has 0 aromatic heterocycles. The first-order chi connectivity index (χ1) is 9.14. The summed E-state index contributed by atoms with van der Waals surface area (Å²) >= 11 is 3.16. The Labute approximate surface area is 126 Å². The molecular formula is C15H19BrFNO2. The van der Waals surface area contributed by atoms with Gasteiger partial charge in [-0.1, -0.05) is 6.07 Å². The van der Waals surface area contributed by atoms with Gasteiger partial charge in [-0.3, -0.25) is 4.79 Å². The number of carbonyl (C=O) groups excluding carboxylic acids is 1. The van der Waals surface area contributed by atoms with Gasteiger partial charge in [0, 0.05) is 6.04 Å². The number of ether oxygens (including phenoxy) is 1. The Morgan fingerprint density at radius 2 is 2.05 bits per heavy atom. The van der Waals surface area contributed by atoms with Crippen LogP contribution in [0, 0.1) is 5.82 Å². The molecule has 0 bridgehead atoms. The molecule has 1 aliphatic carbocycles. The average Bonchev–Trinajstić information content (AvgIpc) is 2.26. The monoisotopic (exact) mass is 343 g/mol. The first kappa shape index (κ1) is 15.4. The molecule has 1 aromatic carbocycles. The fraction of sp³-hybridized carbons (Fsp3) is 0.533. The van der Waals surface area contributed by atoms with Crippen molar-refractivity contribution in [2.45, 2.75) is 50.7 Å². The van der Waals surface area contributed by atoms with Gasteiger partial charge >= 0.3 is 5.97 Å². The molecule has 0 amide bonds. The van der Waals surface area contributed by atoms with Gasteiger partial charge in [-0.2, -0.15) is 0 Å². The lowest BCUT2D eigenvalue weighted by atomic mass is 9.62. The molecule has 3 nitrogen and oxygen atoms in total. The molecule has 5 heteroatoms. The van der Waals surface area contributed by atoms with E-state index in [0.717, 1.165) is 5.56 Å². The summed E-state index contributed by atoms with van der Waals surface area (Å²) in [5.41, 5.74) is 5.32. The normalized spacial score (nSPS) is 26.0. The van der Waals surface area contributed by atoms with E-state index in [0.29, 0.717) is 17.3 Å². The van der Waals surface area contributed by atoms with Crippen LogP contribution in [0.25, 0.3) is 0 Å². The molecule has 1 aliphatic rings. The van der Waals surface area contributed by atoms with Crippen molar-refractivity contribution in [2.24, 2.45) is 5.73 Å². The second-order valence-electron chi connectivity index (χ2n) is 6.38. The van der Waals surface area contributed by atoms with Gasteiger partial charge in [0.2, 0.25) is 0 Å². The van der Waals surface area contributed by atoms with Crippen molar-refractivity contribution in [1.82, 2.24) is 0 Å². The van der Waals surface area contributed by atoms with Gasteiger partial charge in [-0.05, 0) is 67.2 Å². The third-order valence-corrected chi connectivity index (χ3v) is 4.09. The van der Waals surface area contributed by atoms with Crippen molar-refractivity contribution in [2.75, 3.05) is 0 Å². The molecule has 110 valence electrons. The fourth-order valence-corrected chi connectivity index (χ4v) is 2.90. The minimum absolute atomic E-state index is 0.0219. The molecule has 2 rings (SSSR count). The average molecular weight is 344 g/mol. The molecule has 0 spiro atoms. The van der Waals surface area contributed by atoms with Crippen molar-refractivity contribution in [1.29, 1.82) is 0 Å². The number of benzene rings is 1. The second kappa shape index (κ2) is 5.11. The van der Waals surface area contributed by atoms with Crippen LogP contribution in [0.15, 0.2) is 22.7 Å². The first-order valence-electron chi connectivity index (χ1n) is 6.59. The number of esters is 1. The van der Waals surface area contributed by atoms with E-state index in [1.54, 1.807) is 12.1 Å². The lowest BCUT2D eigenvalue weighted by Gasteiger charge is -2.45. The quantitative estimate of drug-likeness (QED) is 0.838. The summed E-state index contributed by atoms with van der Waals surface area (Å²) in [5, 5.41) is 0. The maximum atomic E-state index is 13.4. The predicted molar refractivity (Wildman–Crippen MR) is 78.8 cm³/mol. The Morgan fingerprint density at radius 1 is 1.45 bits per heavy atom. The number of hydrogen-bond acceptors (Lipinski definition) is 3. The van der Waals surface area contributed by atoms with E-state index in [-0.39, 0.29) is 17.8 Å². The van der Waals surface area contributed by atoms with Crippen LogP contribution in [0.1, 0.15) is 39.2 Å². The molecule has 1 fully saturated rings. The van der Waals surface area contributed by atoms with Crippen LogP contribution in [0.2, 0.25) is 0 Å². The van der Waals surface area contributed by atoms with E-state index in [9.17, 15) is 9.18 Å². The molecule has 0 unspecified atom stereocenters. The number of hydrogen-bond donors (Lipinski definition) is 1. The molecule has 20 heavy (non-hydrogen) atoms. The number of rotatable bonds is 2. The van der Waals surface area contributed by atoms with Crippen LogP contribution in [0.4, 0.5) is 4.39 Å². The second-order valence-corrected chi connectivity index (χ2v) is 7.24. The van der Waals surface area contributed by atoms with E-state index in [2.05, 4.69) is 15.9 Å². The zero-order chi connectivity index (χ0) is 15.1. The fourth-order valence-electron chi connectivity index (χ4n) is 2.53. The van der Waals surface area contributed by atoms with Gasteiger partial charge < -0.3 is 10.5 Å². The third kappa shape index (κ3) is 2.88. The van der Waals surface area contributed by atoms with Crippen LogP contribution in [0.5, 0.6) is 0 Å². The standard InChI is InChI=1S/C15H19BrFNO2/c1-14(2,3)20-13(19)15(7-10(18)8-15)9-4-5-12(17)11(16)6-9/h4-6,10H,7-8,18H2,1-3H3. The summed E-state index contributed by atoms with van der Waals surface area (Å²) in [6, 6.07) is 4.61. The third-order valence-electron chi connectivity index (χ3n) is 3.48. The molecular weight excluding hydrogens is 325 g/mol. The molecule has 0 radical (unpaired) electrons.